The van der Waals surface area contributed by atoms with Gasteiger partial charge in [-0.15, -0.1) is 0 Å². The van der Waals surface area contributed by atoms with Crippen LogP contribution in [0.2, 0.25) is 0 Å². The van der Waals surface area contributed by atoms with Gasteiger partial charge >= 0.3 is 0 Å². The largest absolute Gasteiger partial charge is 0.400 e. The van der Waals surface area contributed by atoms with Crippen LogP contribution in [0.3, 0.4) is 0 Å². The summed E-state index contributed by atoms with van der Waals surface area (Å²) in [4.78, 5) is 9.90. The first-order valence-corrected chi connectivity index (χ1v) is 3.77. The Morgan fingerprint density at radius 2 is 1.50 bits per heavy atom. The van der Waals surface area contributed by atoms with E-state index in [0.29, 0.717) is 0 Å². The van der Waals surface area contributed by atoms with Crippen molar-refractivity contribution < 1.29 is 35.4 Å². The molecule has 0 aromatic rings. The van der Waals surface area contributed by atoms with Gasteiger partial charge in [0, 0.05) is 7.11 Å². The van der Waals surface area contributed by atoms with Crippen molar-refractivity contribution in [3.63, 3.8) is 0 Å². The molecule has 0 spiro atoms. The molecule has 0 fully saturated rings. The fourth-order valence-corrected chi connectivity index (χ4v) is 0.618. The fourth-order valence-electron chi connectivity index (χ4n) is 0.618. The Hall–Kier alpha value is -0.570. The summed E-state index contributed by atoms with van der Waals surface area (Å²) in [5, 5.41) is 50.5. The van der Waals surface area contributed by atoms with Crippen LogP contribution in [0.25, 0.3) is 0 Å². The van der Waals surface area contributed by atoms with Gasteiger partial charge in [0.15, 0.2) is 6.29 Å². The van der Waals surface area contributed by atoms with E-state index in [1.807, 2.05) is 0 Å². The van der Waals surface area contributed by atoms with Gasteiger partial charge in [-0.1, -0.05) is 0 Å². The molecule has 0 rings (SSSR count). The maximum absolute atomic E-state index is 9.90. The average molecular weight is 212 g/mol. The van der Waals surface area contributed by atoms with Crippen LogP contribution in [0.5, 0.6) is 0 Å². The van der Waals surface area contributed by atoms with Crippen LogP contribution >= 0.6 is 0 Å². The first-order valence-electron chi connectivity index (χ1n) is 3.77. The minimum atomic E-state index is -1.79. The highest BCUT2D eigenvalue weighted by Gasteiger charge is 2.29. The molecule has 0 amide bonds. The maximum Gasteiger partial charge on any atom is 0.151 e. The first kappa shape index (κ1) is 15.9. The van der Waals surface area contributed by atoms with E-state index in [0.717, 1.165) is 7.11 Å². The van der Waals surface area contributed by atoms with Gasteiger partial charge in [0.1, 0.15) is 24.4 Å². The molecule has 0 bridgehead atoms. The second kappa shape index (κ2) is 9.00. The number of carbonyl (C=O) groups is 1. The summed E-state index contributed by atoms with van der Waals surface area (Å²) in [7, 11) is 1.00. The number of rotatable bonds is 5. The maximum atomic E-state index is 9.90. The molecule has 86 valence electrons. The lowest BCUT2D eigenvalue weighted by molar-refractivity contribution is -0.136. The van der Waals surface area contributed by atoms with E-state index in [1.54, 1.807) is 0 Å². The highest BCUT2D eigenvalue weighted by atomic mass is 16.4. The zero-order chi connectivity index (χ0) is 11.7. The molecular weight excluding hydrogens is 196 g/mol. The van der Waals surface area contributed by atoms with Gasteiger partial charge < -0.3 is 35.4 Å². The zero-order valence-corrected chi connectivity index (χ0v) is 7.69. The second-order valence-corrected chi connectivity index (χ2v) is 2.36. The minimum Gasteiger partial charge on any atom is -0.400 e. The van der Waals surface area contributed by atoms with E-state index in [9.17, 15) is 4.79 Å². The van der Waals surface area contributed by atoms with Gasteiger partial charge in [0.25, 0.3) is 0 Å². The predicted molar refractivity (Wildman–Crippen MR) is 45.3 cm³/mol. The summed E-state index contributed by atoms with van der Waals surface area (Å²) in [6, 6.07) is 0. The van der Waals surface area contributed by atoms with Gasteiger partial charge in [-0.25, -0.2) is 0 Å². The standard InChI is InChI=1S/C6H12O6.CH4O/c7-1-3(9)5(11)6(12)4(10)2-8;1-2/h1,3-6,8-12H,2H2;2H,1H3. The number of aldehydes is 1. The number of aliphatic hydroxyl groups is 6. The summed E-state index contributed by atoms with van der Waals surface area (Å²) >= 11 is 0. The smallest absolute Gasteiger partial charge is 0.151 e. The molecule has 0 radical (unpaired) electrons. The molecule has 4 atom stereocenters. The lowest BCUT2D eigenvalue weighted by Gasteiger charge is -2.22. The molecule has 7 nitrogen and oxygen atoms in total. The molecule has 0 saturated carbocycles. The van der Waals surface area contributed by atoms with E-state index < -0.39 is 31.0 Å². The normalized spacial score (nSPS) is 18.5. The van der Waals surface area contributed by atoms with Crippen molar-refractivity contribution >= 4 is 6.29 Å². The molecule has 6 N–H and O–H groups in total. The average Bonchev–Trinajstić information content (AvgIpc) is 2.27. The molecule has 0 saturated heterocycles. The number of aliphatic hydroxyl groups excluding tert-OH is 6. The van der Waals surface area contributed by atoms with E-state index in [-0.39, 0.29) is 6.29 Å². The second-order valence-electron chi connectivity index (χ2n) is 2.36. The van der Waals surface area contributed by atoms with Crippen molar-refractivity contribution in [2.75, 3.05) is 13.7 Å². The summed E-state index contributed by atoms with van der Waals surface area (Å²) in [5.41, 5.74) is 0. The Kier molecular flexibility index (Phi) is 10.2. The van der Waals surface area contributed by atoms with E-state index in [1.165, 1.54) is 0 Å². The van der Waals surface area contributed by atoms with Crippen LogP contribution in [-0.4, -0.2) is 75.1 Å². The van der Waals surface area contributed by atoms with Crippen LogP contribution in [-0.2, 0) is 4.79 Å². The molecule has 0 aliphatic rings. The summed E-state index contributed by atoms with van der Waals surface area (Å²) in [6.45, 7) is -0.760. The van der Waals surface area contributed by atoms with E-state index >= 15 is 0 Å². The van der Waals surface area contributed by atoms with Crippen molar-refractivity contribution in [3.05, 3.63) is 0 Å². The predicted octanol–water partition coefficient (Wildman–Crippen LogP) is -3.77. The Morgan fingerprint density at radius 1 is 1.07 bits per heavy atom. The van der Waals surface area contributed by atoms with Gasteiger partial charge in [-0.2, -0.15) is 0 Å². The lowest BCUT2D eigenvalue weighted by Crippen LogP contribution is -2.46. The molecule has 0 heterocycles. The summed E-state index contributed by atoms with van der Waals surface area (Å²) in [6.07, 6.45) is -6.84. The Balaban J connectivity index is 0. The van der Waals surface area contributed by atoms with Gasteiger partial charge in [0.05, 0.1) is 6.61 Å². The van der Waals surface area contributed by atoms with E-state index in [2.05, 4.69) is 0 Å². The molecular formula is C7H16O7. The molecule has 4 unspecified atom stereocenters. The van der Waals surface area contributed by atoms with Crippen LogP contribution in [0.15, 0.2) is 0 Å². The third-order valence-corrected chi connectivity index (χ3v) is 1.42. The van der Waals surface area contributed by atoms with E-state index in [4.69, 9.17) is 30.6 Å². The van der Waals surface area contributed by atoms with Crippen LogP contribution in [0.4, 0.5) is 0 Å². The number of carbonyl (C=O) groups excluding carboxylic acids is 1. The number of hydrogen-bond donors (Lipinski definition) is 6. The monoisotopic (exact) mass is 212 g/mol. The van der Waals surface area contributed by atoms with Crippen molar-refractivity contribution in [1.29, 1.82) is 0 Å². The van der Waals surface area contributed by atoms with Crippen molar-refractivity contribution in [2.24, 2.45) is 0 Å². The van der Waals surface area contributed by atoms with Crippen LogP contribution < -0.4 is 0 Å². The highest BCUT2D eigenvalue weighted by Crippen LogP contribution is 2.02. The van der Waals surface area contributed by atoms with Crippen molar-refractivity contribution in [1.82, 2.24) is 0 Å². The van der Waals surface area contributed by atoms with Gasteiger partial charge in [-0.05, 0) is 0 Å². The lowest BCUT2D eigenvalue weighted by atomic mass is 10.0. The fraction of sp³-hybridized carbons (Fsp3) is 0.857. The van der Waals surface area contributed by atoms with Crippen molar-refractivity contribution in [3.8, 4) is 0 Å². The Labute approximate surface area is 80.9 Å². The number of hydrogen-bond acceptors (Lipinski definition) is 7. The molecule has 7 heteroatoms. The van der Waals surface area contributed by atoms with Crippen LogP contribution in [0.1, 0.15) is 0 Å². The summed E-state index contributed by atoms with van der Waals surface area (Å²) in [5.74, 6) is 0. The van der Waals surface area contributed by atoms with Gasteiger partial charge in [0.2, 0.25) is 0 Å². The third-order valence-electron chi connectivity index (χ3n) is 1.42. The Bertz CT molecular complexity index is 140. The zero-order valence-electron chi connectivity index (χ0n) is 7.69. The molecule has 0 aromatic heterocycles. The Morgan fingerprint density at radius 3 is 1.79 bits per heavy atom. The third kappa shape index (κ3) is 5.22. The summed E-state index contributed by atoms with van der Waals surface area (Å²) < 4.78 is 0. The highest BCUT2D eigenvalue weighted by molar-refractivity contribution is 5.56. The van der Waals surface area contributed by atoms with Gasteiger partial charge in [-0.3, -0.25) is 0 Å². The molecule has 0 aliphatic carbocycles. The van der Waals surface area contributed by atoms with Crippen molar-refractivity contribution in [2.45, 2.75) is 24.4 Å². The first-order chi connectivity index (χ1) is 6.54. The minimum absolute atomic E-state index is 0.0258. The SMILES string of the molecule is CO.O=CC(O)C(O)C(O)C(O)CO. The van der Waals surface area contributed by atoms with Crippen LogP contribution in [0, 0.1) is 0 Å². The quantitative estimate of drug-likeness (QED) is 0.257. The topological polar surface area (TPSA) is 138 Å². The molecule has 14 heavy (non-hydrogen) atoms. The molecule has 0 aliphatic heterocycles. The molecule has 0 aromatic carbocycles.